The van der Waals surface area contributed by atoms with Crippen LogP contribution in [0.4, 0.5) is 0 Å². The molecule has 0 aliphatic heterocycles. The summed E-state index contributed by atoms with van der Waals surface area (Å²) in [5.41, 5.74) is 0.709. The second kappa shape index (κ2) is 5.54. The molecule has 0 atom stereocenters. The second-order valence-electron chi connectivity index (χ2n) is 4.04. The Balaban J connectivity index is 3.54. The van der Waals surface area contributed by atoms with Crippen LogP contribution in [0, 0.1) is 0 Å². The molecule has 0 heterocycles. The molecule has 0 fully saturated rings. The molecule has 72 valence electrons. The van der Waals surface area contributed by atoms with Gasteiger partial charge < -0.3 is 4.43 Å². The highest BCUT2D eigenvalue weighted by atomic mass is 28.4. The Morgan fingerprint density at radius 1 is 1.42 bits per heavy atom. The molecule has 0 unspecified atom stereocenters. The van der Waals surface area contributed by atoms with Crippen LogP contribution in [0.5, 0.6) is 0 Å². The number of hydrogen-bond acceptors (Lipinski definition) is 1. The Morgan fingerprint density at radius 2 is 2.00 bits per heavy atom. The van der Waals surface area contributed by atoms with Crippen LogP contribution < -0.4 is 0 Å². The standard InChI is InChI=1S/C10H22OSi/c1-6-7-8-9-11-12(4,5)10(2)3/h6,10H,1,7-9H2,2-5H3. The molecule has 0 rings (SSSR count). The number of unbranched alkanes of at least 4 members (excludes halogenated alkanes) is 1. The highest BCUT2D eigenvalue weighted by Gasteiger charge is 2.26. The fourth-order valence-corrected chi connectivity index (χ4v) is 1.73. The third-order valence-electron chi connectivity index (χ3n) is 2.42. The van der Waals surface area contributed by atoms with Crippen molar-refractivity contribution in [2.75, 3.05) is 6.61 Å². The van der Waals surface area contributed by atoms with Gasteiger partial charge in [-0.15, -0.1) is 6.58 Å². The van der Waals surface area contributed by atoms with Crippen LogP contribution in [0.3, 0.4) is 0 Å². The van der Waals surface area contributed by atoms with E-state index in [0.717, 1.165) is 19.4 Å². The van der Waals surface area contributed by atoms with Crippen molar-refractivity contribution in [1.29, 1.82) is 0 Å². The zero-order valence-electron chi connectivity index (χ0n) is 8.89. The average molecular weight is 186 g/mol. The Morgan fingerprint density at radius 3 is 2.42 bits per heavy atom. The summed E-state index contributed by atoms with van der Waals surface area (Å²) in [6.07, 6.45) is 4.14. The Hall–Kier alpha value is -0.0831. The van der Waals surface area contributed by atoms with Crippen LogP contribution >= 0.6 is 0 Å². The average Bonchev–Trinajstić information content (AvgIpc) is 1.98. The minimum Gasteiger partial charge on any atom is -0.417 e. The van der Waals surface area contributed by atoms with E-state index in [-0.39, 0.29) is 0 Å². The van der Waals surface area contributed by atoms with Gasteiger partial charge in [0.25, 0.3) is 0 Å². The lowest BCUT2D eigenvalue weighted by atomic mass is 10.3. The van der Waals surface area contributed by atoms with Crippen molar-refractivity contribution < 1.29 is 4.43 Å². The molecule has 0 N–H and O–H groups in total. The Kier molecular flexibility index (Phi) is 5.50. The van der Waals surface area contributed by atoms with Crippen LogP contribution in [0.25, 0.3) is 0 Å². The molecule has 0 radical (unpaired) electrons. The second-order valence-corrected chi connectivity index (χ2v) is 8.69. The zero-order chi connectivity index (χ0) is 9.61. The molecular formula is C10H22OSi. The molecule has 1 nitrogen and oxygen atoms in total. The van der Waals surface area contributed by atoms with Gasteiger partial charge in [0, 0.05) is 6.61 Å². The van der Waals surface area contributed by atoms with E-state index in [2.05, 4.69) is 33.5 Å². The van der Waals surface area contributed by atoms with Crippen LogP contribution in [0.15, 0.2) is 12.7 Å². The maximum Gasteiger partial charge on any atom is 0.189 e. The largest absolute Gasteiger partial charge is 0.417 e. The number of rotatable bonds is 6. The lowest BCUT2D eigenvalue weighted by Crippen LogP contribution is -2.34. The third kappa shape index (κ3) is 4.73. The van der Waals surface area contributed by atoms with Crippen LogP contribution in [-0.2, 0) is 4.43 Å². The molecule has 0 aromatic heterocycles. The summed E-state index contributed by atoms with van der Waals surface area (Å²) in [6.45, 7) is 13.7. The van der Waals surface area contributed by atoms with Gasteiger partial charge in [-0.25, -0.2) is 0 Å². The maximum atomic E-state index is 5.88. The smallest absolute Gasteiger partial charge is 0.189 e. The number of hydrogen-bond donors (Lipinski definition) is 0. The van der Waals surface area contributed by atoms with Gasteiger partial charge in [0.2, 0.25) is 0 Å². The van der Waals surface area contributed by atoms with E-state index in [1.807, 2.05) is 6.08 Å². The van der Waals surface area contributed by atoms with Crippen LogP contribution in [-0.4, -0.2) is 14.9 Å². The van der Waals surface area contributed by atoms with Gasteiger partial charge in [-0.05, 0) is 31.5 Å². The van der Waals surface area contributed by atoms with E-state index in [1.165, 1.54) is 0 Å². The van der Waals surface area contributed by atoms with Crippen molar-refractivity contribution in [3.8, 4) is 0 Å². The van der Waals surface area contributed by atoms with Crippen molar-refractivity contribution in [1.82, 2.24) is 0 Å². The fourth-order valence-electron chi connectivity index (χ4n) is 0.730. The Bertz CT molecular complexity index is 130. The molecular weight excluding hydrogens is 164 g/mol. The first kappa shape index (κ1) is 11.9. The van der Waals surface area contributed by atoms with Crippen molar-refractivity contribution in [3.63, 3.8) is 0 Å². The Labute approximate surface area is 78.0 Å². The summed E-state index contributed by atoms with van der Waals surface area (Å²) in [6, 6.07) is 0. The SMILES string of the molecule is C=CCCCO[Si](C)(C)C(C)C. The molecule has 12 heavy (non-hydrogen) atoms. The van der Waals surface area contributed by atoms with E-state index < -0.39 is 8.32 Å². The van der Waals surface area contributed by atoms with Gasteiger partial charge in [-0.3, -0.25) is 0 Å². The van der Waals surface area contributed by atoms with Gasteiger partial charge >= 0.3 is 0 Å². The molecule has 0 aromatic carbocycles. The van der Waals surface area contributed by atoms with E-state index in [1.54, 1.807) is 0 Å². The van der Waals surface area contributed by atoms with Gasteiger partial charge in [0.05, 0.1) is 0 Å². The van der Waals surface area contributed by atoms with E-state index >= 15 is 0 Å². The zero-order valence-corrected chi connectivity index (χ0v) is 9.89. The van der Waals surface area contributed by atoms with Gasteiger partial charge in [-0.2, -0.15) is 0 Å². The predicted octanol–water partition coefficient (Wildman–Crippen LogP) is 3.58. The molecule has 0 saturated heterocycles. The van der Waals surface area contributed by atoms with E-state index in [0.29, 0.717) is 5.54 Å². The predicted molar refractivity (Wildman–Crippen MR) is 58.0 cm³/mol. The summed E-state index contributed by atoms with van der Waals surface area (Å²) in [4.78, 5) is 0. The summed E-state index contributed by atoms with van der Waals surface area (Å²) in [5.74, 6) is 0. The fraction of sp³-hybridized carbons (Fsp3) is 0.800. The monoisotopic (exact) mass is 186 g/mol. The van der Waals surface area contributed by atoms with Crippen LogP contribution in [0.2, 0.25) is 18.6 Å². The summed E-state index contributed by atoms with van der Waals surface area (Å²) < 4.78 is 5.88. The minimum absolute atomic E-state index is 0.709. The number of allylic oxidation sites excluding steroid dienone is 1. The highest BCUT2D eigenvalue weighted by Crippen LogP contribution is 2.21. The molecule has 0 amide bonds. The van der Waals surface area contributed by atoms with Gasteiger partial charge in [-0.1, -0.05) is 19.9 Å². The minimum atomic E-state index is -1.36. The first-order valence-corrected chi connectivity index (χ1v) is 7.74. The summed E-state index contributed by atoms with van der Waals surface area (Å²) in [5, 5.41) is 0. The van der Waals surface area contributed by atoms with Gasteiger partial charge in [0.1, 0.15) is 0 Å². The van der Waals surface area contributed by atoms with Crippen LogP contribution in [0.1, 0.15) is 26.7 Å². The lowest BCUT2D eigenvalue weighted by Gasteiger charge is -2.26. The highest BCUT2D eigenvalue weighted by molar-refractivity contribution is 6.72. The first-order chi connectivity index (χ1) is 5.50. The molecule has 2 heteroatoms. The molecule has 0 aliphatic rings. The van der Waals surface area contributed by atoms with E-state index in [4.69, 9.17) is 4.43 Å². The molecule has 0 saturated carbocycles. The molecule has 0 spiro atoms. The molecule has 0 aliphatic carbocycles. The van der Waals surface area contributed by atoms with Crippen molar-refractivity contribution in [2.24, 2.45) is 0 Å². The lowest BCUT2D eigenvalue weighted by molar-refractivity contribution is 0.296. The van der Waals surface area contributed by atoms with Crippen molar-refractivity contribution in [2.45, 2.75) is 45.3 Å². The quantitative estimate of drug-likeness (QED) is 0.350. The molecule has 0 bridgehead atoms. The van der Waals surface area contributed by atoms with Crippen molar-refractivity contribution >= 4 is 8.32 Å². The molecule has 0 aromatic rings. The maximum absolute atomic E-state index is 5.88. The normalized spacial score (nSPS) is 12.1. The summed E-state index contributed by atoms with van der Waals surface area (Å²) >= 11 is 0. The van der Waals surface area contributed by atoms with Crippen molar-refractivity contribution in [3.05, 3.63) is 12.7 Å². The first-order valence-electron chi connectivity index (χ1n) is 4.75. The topological polar surface area (TPSA) is 9.23 Å². The third-order valence-corrected chi connectivity index (χ3v) is 6.15. The van der Waals surface area contributed by atoms with E-state index in [9.17, 15) is 0 Å². The van der Waals surface area contributed by atoms with Gasteiger partial charge in [0.15, 0.2) is 8.32 Å². The summed E-state index contributed by atoms with van der Waals surface area (Å²) in [7, 11) is -1.36.